The monoisotopic (exact) mass is 1590 g/mol. The number of primary amides is 3. The first-order chi connectivity index (χ1) is 53.8. The number of anilines is 3. The van der Waals surface area contributed by atoms with Crippen molar-refractivity contribution in [2.75, 3.05) is 69.7 Å². The molecule has 4 aliphatic rings. The zero-order chi connectivity index (χ0) is 82.7. The summed E-state index contributed by atoms with van der Waals surface area (Å²) in [6.45, 7) is 9.03. The molecule has 0 radical (unpaired) electrons. The molecule has 3 aromatic heterocycles. The number of carbonyl (C=O) groups excluding carboxylic acids is 6. The molecule has 0 aliphatic carbocycles. The van der Waals surface area contributed by atoms with Crippen LogP contribution in [0.5, 0.6) is 0 Å². The third-order valence-electron chi connectivity index (χ3n) is 20.5. The van der Waals surface area contributed by atoms with Crippen molar-refractivity contribution in [2.45, 2.75) is 121 Å². The maximum Gasteiger partial charge on any atom is 0.282 e. The summed E-state index contributed by atoms with van der Waals surface area (Å²) in [5.74, 6) is -17.9. The van der Waals surface area contributed by atoms with Gasteiger partial charge >= 0.3 is 0 Å². The molecule has 3 atom stereocenters. The lowest BCUT2D eigenvalue weighted by atomic mass is 9.98. The molecule has 0 bridgehead atoms. The van der Waals surface area contributed by atoms with Crippen molar-refractivity contribution in [3.63, 3.8) is 0 Å². The topological polar surface area (TPSA) is 376 Å². The first-order valence-corrected chi connectivity index (χ1v) is 36.1. The Kier molecular flexibility index (Phi) is 24.7. The lowest BCUT2D eigenvalue weighted by Gasteiger charge is -2.44. The van der Waals surface area contributed by atoms with Gasteiger partial charge in [0, 0.05) is 103 Å². The molecule has 4 saturated heterocycles. The molecule has 6 amide bonds. The number of benzene rings is 6. The van der Waals surface area contributed by atoms with Crippen molar-refractivity contribution in [1.82, 2.24) is 60.4 Å². The van der Waals surface area contributed by atoms with Crippen molar-refractivity contribution >= 4 is 52.9 Å². The van der Waals surface area contributed by atoms with Crippen LogP contribution in [0, 0.1) is 49.9 Å². The number of nitrogens with two attached hydrogens (primary N) is 6. The van der Waals surface area contributed by atoms with E-state index >= 15 is 26.3 Å². The van der Waals surface area contributed by atoms with Gasteiger partial charge in [0.15, 0.2) is 0 Å². The Morgan fingerprint density at radius 1 is 0.500 bits per heavy atom. The zero-order valence-electron chi connectivity index (χ0n) is 62.3. The van der Waals surface area contributed by atoms with Crippen LogP contribution in [-0.2, 0) is 24.4 Å². The number of alkyl halides is 6. The molecule has 3 unspecified atom stereocenters. The number of nitrogens with one attached hydrogen (secondary N) is 4. The van der Waals surface area contributed by atoms with Gasteiger partial charge in [-0.3, -0.25) is 38.6 Å². The molecule has 4 aliphatic heterocycles. The number of hydrogen-bond donors (Lipinski definition) is 10. The Hall–Kier alpha value is -11.8. The molecule has 25 nitrogen and oxygen atoms in total. The maximum absolute atomic E-state index is 15.3. The van der Waals surface area contributed by atoms with Gasteiger partial charge in [0.2, 0.25) is 0 Å². The lowest BCUT2D eigenvalue weighted by Crippen LogP contribution is -2.58. The molecule has 0 saturated carbocycles. The number of amides is 6. The largest absolute Gasteiger partial charge is 0.383 e. The lowest BCUT2D eigenvalue weighted by molar-refractivity contribution is -0.149. The number of rotatable bonds is 20. The van der Waals surface area contributed by atoms with Gasteiger partial charge in [0.05, 0.1) is 32.3 Å². The van der Waals surface area contributed by atoms with Crippen LogP contribution in [0.25, 0.3) is 33.8 Å². The Morgan fingerprint density at radius 2 is 0.886 bits per heavy atom. The summed E-state index contributed by atoms with van der Waals surface area (Å²) in [6, 6.07) is 21.5. The van der Waals surface area contributed by atoms with Crippen molar-refractivity contribution in [2.24, 2.45) is 17.2 Å². The first-order valence-electron chi connectivity index (χ1n) is 36.1. The quantitative estimate of drug-likeness (QED) is 0.0317. The van der Waals surface area contributed by atoms with E-state index in [0.29, 0.717) is 54.1 Å². The fourth-order valence-corrected chi connectivity index (χ4v) is 14.0. The third kappa shape index (κ3) is 18.0. The van der Waals surface area contributed by atoms with Gasteiger partial charge in [0.1, 0.15) is 98.4 Å². The highest BCUT2D eigenvalue weighted by atomic mass is 19.3. The van der Waals surface area contributed by atoms with Crippen molar-refractivity contribution < 1.29 is 81.8 Å². The molecule has 9 aromatic rings. The van der Waals surface area contributed by atoms with Gasteiger partial charge in [-0.25, -0.2) is 62.3 Å². The number of halogens is 11. The molecular formula is C78H83F11N18O7. The number of hydrogen-bond acceptors (Lipinski definition) is 16. The third-order valence-corrected chi connectivity index (χ3v) is 20.5. The predicted molar refractivity (Wildman–Crippen MR) is 400 cm³/mol. The molecule has 604 valence electrons. The Labute approximate surface area is 645 Å². The summed E-state index contributed by atoms with van der Waals surface area (Å²) in [5.41, 5.74) is 37.8. The van der Waals surface area contributed by atoms with Crippen LogP contribution < -0.4 is 55.7 Å². The fourth-order valence-electron chi connectivity index (χ4n) is 14.0. The Balaban J connectivity index is 0.000000169. The Morgan fingerprint density at radius 3 is 1.25 bits per heavy atom. The molecule has 16 N–H and O–H groups in total. The molecule has 114 heavy (non-hydrogen) atoms. The number of aryl methyl sites for hydroxylation is 3. The molecule has 13 rings (SSSR count). The van der Waals surface area contributed by atoms with E-state index < -0.39 is 114 Å². The maximum atomic E-state index is 15.3. The number of piperidine rings is 3. The van der Waals surface area contributed by atoms with Crippen LogP contribution in [0.1, 0.15) is 147 Å². The molecule has 0 spiro atoms. The van der Waals surface area contributed by atoms with Gasteiger partial charge in [0.25, 0.3) is 53.2 Å². The molecular weight excluding hydrogens is 1510 g/mol. The van der Waals surface area contributed by atoms with Crippen LogP contribution in [0.3, 0.4) is 0 Å². The molecule has 6 aromatic carbocycles. The minimum absolute atomic E-state index is 0.0187. The van der Waals surface area contributed by atoms with Crippen molar-refractivity contribution in [1.29, 1.82) is 0 Å². The summed E-state index contributed by atoms with van der Waals surface area (Å²) < 4.78 is 168. The number of likely N-dealkylation sites (tertiary alicyclic amines) is 2. The second kappa shape index (κ2) is 33.9. The van der Waals surface area contributed by atoms with Crippen molar-refractivity contribution in [3.8, 4) is 33.8 Å². The van der Waals surface area contributed by atoms with Crippen LogP contribution >= 0.6 is 0 Å². The predicted octanol–water partition coefficient (Wildman–Crippen LogP) is 9.85. The van der Waals surface area contributed by atoms with Crippen LogP contribution in [0.15, 0.2) is 115 Å². The van der Waals surface area contributed by atoms with Crippen LogP contribution in [0.2, 0.25) is 0 Å². The van der Waals surface area contributed by atoms with Crippen LogP contribution in [-0.4, -0.2) is 157 Å². The number of nitrogens with zero attached hydrogens (tertiary/aromatic N) is 8. The second-order valence-corrected chi connectivity index (χ2v) is 28.6. The number of nitrogen functional groups attached to an aromatic ring is 3. The van der Waals surface area contributed by atoms with E-state index in [9.17, 15) is 50.7 Å². The van der Waals surface area contributed by atoms with Gasteiger partial charge < -0.3 is 60.4 Å². The van der Waals surface area contributed by atoms with E-state index in [0.717, 1.165) is 38.3 Å². The van der Waals surface area contributed by atoms with Crippen LogP contribution in [0.4, 0.5) is 65.7 Å². The van der Waals surface area contributed by atoms with Gasteiger partial charge in [-0.15, -0.1) is 0 Å². The van der Waals surface area contributed by atoms with Gasteiger partial charge in [-0.05, 0) is 118 Å². The number of ether oxygens (including phenoxy) is 1. The highest BCUT2D eigenvalue weighted by Crippen LogP contribution is 2.44. The van der Waals surface area contributed by atoms with E-state index in [4.69, 9.17) is 39.1 Å². The normalized spacial score (nSPS) is 18.0. The van der Waals surface area contributed by atoms with E-state index in [1.807, 2.05) is 13.8 Å². The number of aromatic nitrogens is 6. The summed E-state index contributed by atoms with van der Waals surface area (Å²) in [4.78, 5) is 77.3. The smallest absolute Gasteiger partial charge is 0.282 e. The molecule has 36 heteroatoms. The SMILES string of the molecule is Cc1ccc(F)cc1C(=O)NCc1ccc(-c2nn(C3CCN(C(C)C)CC3(F)F)c(N)c2C(N)=O)cc1F.Cc1ccc(F)cc1C(=O)NCc1ccc(-c2nn(C3CCN(C4COC4)CC3(F)F)c(N)c2C(N)=O)cc1F.Cc1ccc(F)cc1C(=O)NCc1ccc(-c2nn(C3CNCCC3(F)F)c(N)c2C(N)=O)cc1. The second-order valence-electron chi connectivity index (χ2n) is 28.6. The minimum atomic E-state index is -3.21. The fraction of sp³-hybridized carbons (Fsp3) is 0.346. The highest BCUT2D eigenvalue weighted by molar-refractivity contribution is 6.05. The number of carbonyl (C=O) groups is 6. The molecule has 7 heterocycles. The first kappa shape index (κ1) is 83.2. The van der Waals surface area contributed by atoms with Gasteiger partial charge in [-0.2, -0.15) is 15.3 Å². The zero-order valence-corrected chi connectivity index (χ0v) is 62.3. The van der Waals surface area contributed by atoms with E-state index in [2.05, 4.69) is 36.6 Å². The summed E-state index contributed by atoms with van der Waals surface area (Å²) in [6.07, 6.45) is -0.328. The minimum Gasteiger partial charge on any atom is -0.383 e. The van der Waals surface area contributed by atoms with E-state index in [1.54, 1.807) is 54.8 Å². The molecule has 4 fully saturated rings. The summed E-state index contributed by atoms with van der Waals surface area (Å²) in [5, 5.41) is 23.4. The van der Waals surface area contributed by atoms with Crippen molar-refractivity contribution in [3.05, 3.63) is 211 Å². The van der Waals surface area contributed by atoms with Gasteiger partial charge in [-0.1, -0.05) is 66.7 Å². The highest BCUT2D eigenvalue weighted by Gasteiger charge is 2.51. The summed E-state index contributed by atoms with van der Waals surface area (Å²) in [7, 11) is 0. The average Bonchev–Trinajstić information content (AvgIpc) is 1.62. The summed E-state index contributed by atoms with van der Waals surface area (Å²) >= 11 is 0. The standard InChI is InChI=1S/C27H28F4N6O3.C27H30F4N6O2.C24H25F3N6O2/c1-14-2-5-17(28)9-19(14)26(39)34-10-16-4-3-15(8-20(16)29)23-22(25(33)38)24(32)37(35-23)21-6-7-36(13-27(21,30)31)18-11-40-12-18;1-14(2)36-9-8-21(27(30,31)13-36)37-24(32)22(25(33)38)23(35-37)16-5-6-17(20(29)10-16)12-34-26(39)19-11-18(28)7-4-15(19)3;1-13-2-7-16(25)10-17(13)23(35)31-11-14-3-5-15(6-4-14)20-19(22(29)34)21(28)33(32-20)18-12-30-9-8-24(18,26)27/h2-5,8-9,18,21H,6-7,10-13,32H2,1H3,(H2,33,38)(H,34,39);4-7,10-11,14,21H,8-9,12-13,32H2,1-3H3,(H2,33,38)(H,34,39);2-7,10,18,30H,8-9,11-12,28H2,1H3,(H2,29,34)(H,31,35). The van der Waals surface area contributed by atoms with E-state index in [-0.39, 0.29) is 154 Å². The average molecular weight is 1590 g/mol. The Bertz CT molecular complexity index is 5160. The van der Waals surface area contributed by atoms with E-state index in [1.165, 1.54) is 66.7 Å².